The van der Waals surface area contributed by atoms with Crippen LogP contribution in [0.4, 0.5) is 0 Å². The molecular formula is C12H23N5O. The lowest BCUT2D eigenvalue weighted by molar-refractivity contribution is 0.149. The Morgan fingerprint density at radius 2 is 2.00 bits per heavy atom. The molecule has 0 aromatic carbocycles. The van der Waals surface area contributed by atoms with E-state index in [0.717, 1.165) is 32.7 Å². The number of aliphatic hydroxyl groups is 1. The third-order valence-corrected chi connectivity index (χ3v) is 2.82. The van der Waals surface area contributed by atoms with E-state index in [4.69, 9.17) is 10.8 Å². The molecule has 3 N–H and O–H groups in total. The first-order valence-corrected chi connectivity index (χ1v) is 6.24. The van der Waals surface area contributed by atoms with E-state index in [1.807, 2.05) is 20.2 Å². The van der Waals surface area contributed by atoms with E-state index < -0.39 is 0 Å². The Morgan fingerprint density at radius 3 is 2.56 bits per heavy atom. The van der Waals surface area contributed by atoms with Crippen LogP contribution in [0.25, 0.3) is 0 Å². The lowest BCUT2D eigenvalue weighted by Crippen LogP contribution is -2.46. The monoisotopic (exact) mass is 253 g/mol. The predicted molar refractivity (Wildman–Crippen MR) is 74.6 cm³/mol. The molecule has 1 fully saturated rings. The molecule has 0 atom stereocenters. The molecule has 0 saturated carbocycles. The van der Waals surface area contributed by atoms with Gasteiger partial charge in [-0.15, -0.1) is 0 Å². The minimum Gasteiger partial charge on any atom is -0.395 e. The maximum absolute atomic E-state index is 8.85. The first-order chi connectivity index (χ1) is 8.65. The molecule has 0 radical (unpaired) electrons. The fourth-order valence-corrected chi connectivity index (χ4v) is 1.69. The zero-order valence-electron chi connectivity index (χ0n) is 11.2. The molecule has 18 heavy (non-hydrogen) atoms. The average Bonchev–Trinajstić information content (AvgIpc) is 2.38. The zero-order valence-corrected chi connectivity index (χ0v) is 11.2. The number of rotatable bonds is 4. The summed E-state index contributed by atoms with van der Waals surface area (Å²) in [4.78, 5) is 12.8. The number of β-amino-alcohol motifs (C(OH)–C–C–N with tert-alkyl or cyclic N) is 1. The molecule has 6 heteroatoms. The lowest BCUT2D eigenvalue weighted by Gasteiger charge is -2.32. The van der Waals surface area contributed by atoms with E-state index in [9.17, 15) is 0 Å². The van der Waals surface area contributed by atoms with Crippen LogP contribution in [0.1, 0.15) is 13.8 Å². The molecule has 0 unspecified atom stereocenters. The van der Waals surface area contributed by atoms with Gasteiger partial charge in [-0.25, -0.2) is 9.98 Å². The van der Waals surface area contributed by atoms with Gasteiger partial charge in [0.1, 0.15) is 11.7 Å². The van der Waals surface area contributed by atoms with Crippen LogP contribution in [0.5, 0.6) is 0 Å². The molecule has 1 heterocycles. The van der Waals surface area contributed by atoms with Gasteiger partial charge in [-0.2, -0.15) is 0 Å². The Bertz CT molecular complexity index is 329. The smallest absolute Gasteiger partial charge is 0.129 e. The topological polar surface area (TPSA) is 77.5 Å². The van der Waals surface area contributed by atoms with Crippen LogP contribution in [0, 0.1) is 0 Å². The summed E-state index contributed by atoms with van der Waals surface area (Å²) in [7, 11) is 0. The Labute approximate surface area is 109 Å². The number of hydrogen-bond donors (Lipinski definition) is 2. The summed E-state index contributed by atoms with van der Waals surface area (Å²) in [5, 5.41) is 8.85. The Kier molecular flexibility index (Phi) is 6.38. The van der Waals surface area contributed by atoms with Gasteiger partial charge in [0.05, 0.1) is 12.9 Å². The summed E-state index contributed by atoms with van der Waals surface area (Å²) in [5.74, 6) is 1.14. The van der Waals surface area contributed by atoms with Crippen LogP contribution in [-0.4, -0.2) is 66.4 Å². The molecule has 0 bridgehead atoms. The highest BCUT2D eigenvalue weighted by atomic mass is 16.3. The van der Waals surface area contributed by atoms with E-state index in [-0.39, 0.29) is 6.61 Å². The molecule has 102 valence electrons. The highest BCUT2D eigenvalue weighted by Gasteiger charge is 2.13. The number of hydrogen-bond acceptors (Lipinski definition) is 4. The second kappa shape index (κ2) is 7.84. The summed E-state index contributed by atoms with van der Waals surface area (Å²) in [6.07, 6.45) is 3.56. The number of amidine groups is 1. The fourth-order valence-electron chi connectivity index (χ4n) is 1.69. The van der Waals surface area contributed by atoms with Crippen LogP contribution < -0.4 is 5.73 Å². The van der Waals surface area contributed by atoms with Crippen molar-refractivity contribution in [3.8, 4) is 0 Å². The molecular weight excluding hydrogens is 230 g/mol. The highest BCUT2D eigenvalue weighted by molar-refractivity contribution is 5.87. The molecule has 0 aliphatic carbocycles. The van der Waals surface area contributed by atoms with Gasteiger partial charge < -0.3 is 15.7 Å². The van der Waals surface area contributed by atoms with Crippen molar-refractivity contribution in [2.24, 2.45) is 15.7 Å². The Hall–Kier alpha value is -1.40. The molecule has 1 aliphatic rings. The number of nitrogens with zero attached hydrogens (tertiary/aromatic N) is 4. The van der Waals surface area contributed by atoms with E-state index >= 15 is 0 Å². The van der Waals surface area contributed by atoms with E-state index in [0.29, 0.717) is 11.7 Å². The van der Waals surface area contributed by atoms with E-state index in [1.54, 1.807) is 6.08 Å². The van der Waals surface area contributed by atoms with Crippen molar-refractivity contribution < 1.29 is 5.11 Å². The third-order valence-electron chi connectivity index (χ3n) is 2.82. The van der Waals surface area contributed by atoms with Crippen molar-refractivity contribution in [2.45, 2.75) is 13.8 Å². The number of nitrogens with two attached hydrogens (primary N) is 1. The van der Waals surface area contributed by atoms with Gasteiger partial charge in [-0.1, -0.05) is 0 Å². The molecule has 1 rings (SSSR count). The summed E-state index contributed by atoms with van der Waals surface area (Å²) >= 11 is 0. The first kappa shape index (κ1) is 14.7. The molecule has 0 spiro atoms. The summed E-state index contributed by atoms with van der Waals surface area (Å²) in [5.41, 5.74) is 5.59. The Morgan fingerprint density at radius 1 is 1.33 bits per heavy atom. The summed E-state index contributed by atoms with van der Waals surface area (Å²) < 4.78 is 0. The summed E-state index contributed by atoms with van der Waals surface area (Å²) in [6, 6.07) is 0. The second-order valence-electron chi connectivity index (χ2n) is 4.22. The van der Waals surface area contributed by atoms with E-state index in [1.165, 1.54) is 0 Å². The van der Waals surface area contributed by atoms with Crippen LogP contribution in [0.2, 0.25) is 0 Å². The standard InChI is InChI=1S/C12H23N5O/c1-3-12(13)15-11(2)14-10-17-6-4-16(5-7-17)8-9-18/h3,10,18H,4-9,13H2,1-2H3/b12-3-,14-10?,15-11-. The maximum Gasteiger partial charge on any atom is 0.129 e. The lowest BCUT2D eigenvalue weighted by atomic mass is 10.3. The highest BCUT2D eigenvalue weighted by Crippen LogP contribution is 1.99. The van der Waals surface area contributed by atoms with Gasteiger partial charge in [0.15, 0.2) is 0 Å². The van der Waals surface area contributed by atoms with Crippen molar-refractivity contribution in [3.05, 3.63) is 11.9 Å². The number of aliphatic hydroxyl groups excluding tert-OH is 1. The largest absolute Gasteiger partial charge is 0.395 e. The zero-order chi connectivity index (χ0) is 13.4. The summed E-state index contributed by atoms with van der Waals surface area (Å²) in [6.45, 7) is 8.42. The van der Waals surface area contributed by atoms with Gasteiger partial charge in [0, 0.05) is 32.7 Å². The molecule has 6 nitrogen and oxygen atoms in total. The molecule has 0 amide bonds. The van der Waals surface area contributed by atoms with Crippen molar-refractivity contribution in [2.75, 3.05) is 39.3 Å². The molecule has 0 aromatic rings. The molecule has 1 aliphatic heterocycles. The second-order valence-corrected chi connectivity index (χ2v) is 4.22. The van der Waals surface area contributed by atoms with Crippen molar-refractivity contribution >= 4 is 12.2 Å². The van der Waals surface area contributed by atoms with Gasteiger partial charge in [0.25, 0.3) is 0 Å². The molecule has 0 aromatic heterocycles. The minimum atomic E-state index is 0.225. The quantitative estimate of drug-likeness (QED) is 0.540. The first-order valence-electron chi connectivity index (χ1n) is 6.24. The van der Waals surface area contributed by atoms with Crippen LogP contribution in [-0.2, 0) is 0 Å². The van der Waals surface area contributed by atoms with Crippen LogP contribution in [0.3, 0.4) is 0 Å². The van der Waals surface area contributed by atoms with Gasteiger partial charge >= 0.3 is 0 Å². The van der Waals surface area contributed by atoms with Crippen molar-refractivity contribution in [3.63, 3.8) is 0 Å². The van der Waals surface area contributed by atoms with Gasteiger partial charge in [-0.05, 0) is 19.9 Å². The van der Waals surface area contributed by atoms with Gasteiger partial charge in [-0.3, -0.25) is 4.90 Å². The van der Waals surface area contributed by atoms with Crippen molar-refractivity contribution in [1.29, 1.82) is 0 Å². The maximum atomic E-state index is 8.85. The fraction of sp³-hybridized carbons (Fsp3) is 0.667. The third kappa shape index (κ3) is 5.29. The SMILES string of the molecule is C/C=C(N)\N=C(\C)N=CN1CCN(CCO)CC1. The molecule has 1 saturated heterocycles. The minimum absolute atomic E-state index is 0.225. The number of piperazine rings is 1. The average molecular weight is 253 g/mol. The Balaban J connectivity index is 2.38. The number of aliphatic imine (C=N–C) groups is 2. The van der Waals surface area contributed by atoms with Crippen LogP contribution >= 0.6 is 0 Å². The predicted octanol–water partition coefficient (Wildman–Crippen LogP) is -0.137. The van der Waals surface area contributed by atoms with Crippen molar-refractivity contribution in [1.82, 2.24) is 9.80 Å². The normalized spacial score (nSPS) is 19.8. The van der Waals surface area contributed by atoms with Crippen LogP contribution in [0.15, 0.2) is 21.9 Å². The number of allylic oxidation sites excluding steroid dienone is 1. The van der Waals surface area contributed by atoms with E-state index in [2.05, 4.69) is 19.8 Å². The van der Waals surface area contributed by atoms with Gasteiger partial charge in [0.2, 0.25) is 0 Å².